The van der Waals surface area contributed by atoms with Gasteiger partial charge < -0.3 is 16.0 Å². The van der Waals surface area contributed by atoms with Gasteiger partial charge in [0.1, 0.15) is 0 Å². The third-order valence-corrected chi connectivity index (χ3v) is 3.34. The number of carbonyl (C=O) groups excluding carboxylic acids is 1. The van der Waals surface area contributed by atoms with Crippen LogP contribution in [0.25, 0.3) is 0 Å². The number of carbonyl (C=O) groups is 1. The molecule has 1 atom stereocenters. The van der Waals surface area contributed by atoms with Crippen LogP contribution in [0.1, 0.15) is 12.0 Å². The van der Waals surface area contributed by atoms with Crippen LogP contribution in [0, 0.1) is 6.92 Å². The molecule has 0 unspecified atom stereocenters. The Morgan fingerprint density at radius 3 is 2.94 bits per heavy atom. The Morgan fingerprint density at radius 1 is 1.59 bits per heavy atom. The Balaban J connectivity index is 2.00. The molecule has 0 aliphatic carbocycles. The summed E-state index contributed by atoms with van der Waals surface area (Å²) in [5.74, 6) is 0. The molecule has 2 amide bonds. The number of urea groups is 1. The molecule has 0 aromatic heterocycles. The van der Waals surface area contributed by atoms with Crippen molar-refractivity contribution in [2.24, 2.45) is 5.73 Å². The molecule has 17 heavy (non-hydrogen) atoms. The molecule has 1 aromatic rings. The number of nitrogens with one attached hydrogen (secondary N) is 1. The van der Waals surface area contributed by atoms with Crippen molar-refractivity contribution in [1.82, 2.24) is 4.90 Å². The lowest BCUT2D eigenvalue weighted by Crippen LogP contribution is -2.35. The van der Waals surface area contributed by atoms with Gasteiger partial charge >= 0.3 is 6.03 Å². The summed E-state index contributed by atoms with van der Waals surface area (Å²) in [5.41, 5.74) is 7.46. The van der Waals surface area contributed by atoms with Gasteiger partial charge in [0.25, 0.3) is 0 Å². The molecular formula is C12H16ClN3O. The van der Waals surface area contributed by atoms with Crippen LogP contribution in [-0.2, 0) is 0 Å². The Kier molecular flexibility index (Phi) is 3.54. The lowest BCUT2D eigenvalue weighted by atomic mass is 10.2. The van der Waals surface area contributed by atoms with Crippen molar-refractivity contribution < 1.29 is 4.79 Å². The highest BCUT2D eigenvalue weighted by Gasteiger charge is 2.23. The Morgan fingerprint density at radius 2 is 2.35 bits per heavy atom. The maximum absolute atomic E-state index is 11.9. The molecule has 1 aliphatic heterocycles. The van der Waals surface area contributed by atoms with Gasteiger partial charge in [0, 0.05) is 29.8 Å². The molecule has 0 saturated carbocycles. The number of aryl methyl sites for hydroxylation is 1. The van der Waals surface area contributed by atoms with E-state index in [1.165, 1.54) is 0 Å². The Hall–Kier alpha value is -1.26. The van der Waals surface area contributed by atoms with Gasteiger partial charge in [0.2, 0.25) is 0 Å². The maximum atomic E-state index is 11.9. The maximum Gasteiger partial charge on any atom is 0.321 e. The van der Waals surface area contributed by atoms with Crippen molar-refractivity contribution in [2.75, 3.05) is 18.4 Å². The molecule has 1 fully saturated rings. The van der Waals surface area contributed by atoms with Crippen LogP contribution in [0.2, 0.25) is 5.02 Å². The van der Waals surface area contributed by atoms with Crippen molar-refractivity contribution in [1.29, 1.82) is 0 Å². The molecule has 1 aliphatic rings. The minimum Gasteiger partial charge on any atom is -0.326 e. The first-order chi connectivity index (χ1) is 8.06. The third-order valence-electron chi connectivity index (χ3n) is 2.94. The van der Waals surface area contributed by atoms with Gasteiger partial charge in [-0.3, -0.25) is 0 Å². The molecule has 92 valence electrons. The van der Waals surface area contributed by atoms with Crippen molar-refractivity contribution in [2.45, 2.75) is 19.4 Å². The van der Waals surface area contributed by atoms with Crippen molar-refractivity contribution in [3.05, 3.63) is 28.8 Å². The summed E-state index contributed by atoms with van der Waals surface area (Å²) in [5, 5.41) is 3.47. The Bertz CT molecular complexity index is 436. The summed E-state index contributed by atoms with van der Waals surface area (Å²) in [6.45, 7) is 3.26. The number of halogens is 1. The number of likely N-dealkylation sites (tertiary alicyclic amines) is 1. The molecule has 1 saturated heterocycles. The molecule has 1 aromatic carbocycles. The SMILES string of the molecule is Cc1ccc(NC(=O)N2CC[C@H](N)C2)cc1Cl. The number of nitrogens with zero attached hydrogens (tertiary/aromatic N) is 1. The van der Waals surface area contributed by atoms with E-state index in [0.29, 0.717) is 23.8 Å². The lowest BCUT2D eigenvalue weighted by molar-refractivity contribution is 0.222. The van der Waals surface area contributed by atoms with Crippen LogP contribution in [0.15, 0.2) is 18.2 Å². The largest absolute Gasteiger partial charge is 0.326 e. The first-order valence-electron chi connectivity index (χ1n) is 5.64. The molecule has 1 heterocycles. The van der Waals surface area contributed by atoms with Crippen molar-refractivity contribution in [3.8, 4) is 0 Å². The fraction of sp³-hybridized carbons (Fsp3) is 0.417. The smallest absolute Gasteiger partial charge is 0.321 e. The molecule has 4 nitrogen and oxygen atoms in total. The van der Waals surface area contributed by atoms with E-state index in [0.717, 1.165) is 12.0 Å². The summed E-state index contributed by atoms with van der Waals surface area (Å²) in [6, 6.07) is 5.47. The van der Waals surface area contributed by atoms with Crippen LogP contribution in [0.4, 0.5) is 10.5 Å². The van der Waals surface area contributed by atoms with Gasteiger partial charge in [-0.1, -0.05) is 17.7 Å². The quantitative estimate of drug-likeness (QED) is 0.806. The van der Waals surface area contributed by atoms with E-state index in [1.807, 2.05) is 19.1 Å². The van der Waals surface area contributed by atoms with E-state index < -0.39 is 0 Å². The minimum absolute atomic E-state index is 0.0994. The van der Waals surface area contributed by atoms with E-state index in [-0.39, 0.29) is 12.1 Å². The first-order valence-corrected chi connectivity index (χ1v) is 6.01. The highest BCUT2D eigenvalue weighted by atomic mass is 35.5. The number of hydrogen-bond acceptors (Lipinski definition) is 2. The summed E-state index contributed by atoms with van der Waals surface area (Å²) in [7, 11) is 0. The minimum atomic E-state index is -0.113. The second-order valence-electron chi connectivity index (χ2n) is 4.39. The number of anilines is 1. The lowest BCUT2D eigenvalue weighted by Gasteiger charge is -2.17. The molecule has 3 N–H and O–H groups in total. The van der Waals surface area contributed by atoms with Crippen LogP contribution in [-0.4, -0.2) is 30.1 Å². The van der Waals surface area contributed by atoms with E-state index in [9.17, 15) is 4.79 Å². The molecule has 5 heteroatoms. The van der Waals surface area contributed by atoms with Gasteiger partial charge in [-0.2, -0.15) is 0 Å². The van der Waals surface area contributed by atoms with Gasteiger partial charge in [0.05, 0.1) is 0 Å². The predicted octanol–water partition coefficient (Wildman–Crippen LogP) is 2.21. The zero-order valence-electron chi connectivity index (χ0n) is 9.74. The number of amides is 2. The predicted molar refractivity (Wildman–Crippen MR) is 69.4 cm³/mol. The summed E-state index contributed by atoms with van der Waals surface area (Å²) < 4.78 is 0. The fourth-order valence-electron chi connectivity index (χ4n) is 1.84. The van der Waals surface area contributed by atoms with E-state index in [4.69, 9.17) is 17.3 Å². The molecule has 0 spiro atoms. The number of nitrogens with two attached hydrogens (primary N) is 1. The van der Waals surface area contributed by atoms with Crippen molar-refractivity contribution in [3.63, 3.8) is 0 Å². The molecule has 0 radical (unpaired) electrons. The second-order valence-corrected chi connectivity index (χ2v) is 4.80. The average Bonchev–Trinajstić information content (AvgIpc) is 2.70. The number of hydrogen-bond donors (Lipinski definition) is 2. The summed E-state index contributed by atoms with van der Waals surface area (Å²) >= 11 is 6.00. The van der Waals surface area contributed by atoms with E-state index in [2.05, 4.69) is 5.32 Å². The van der Waals surface area contributed by atoms with Gasteiger partial charge in [-0.25, -0.2) is 4.79 Å². The van der Waals surface area contributed by atoms with Gasteiger partial charge in [-0.15, -0.1) is 0 Å². The average molecular weight is 254 g/mol. The first kappa shape index (κ1) is 12.2. The zero-order chi connectivity index (χ0) is 12.4. The fourth-order valence-corrected chi connectivity index (χ4v) is 2.03. The zero-order valence-corrected chi connectivity index (χ0v) is 10.5. The van der Waals surface area contributed by atoms with Gasteiger partial charge in [0.15, 0.2) is 0 Å². The number of rotatable bonds is 1. The molecule has 2 rings (SSSR count). The highest BCUT2D eigenvalue weighted by molar-refractivity contribution is 6.31. The van der Waals surface area contributed by atoms with Crippen LogP contribution >= 0.6 is 11.6 Å². The molecular weight excluding hydrogens is 238 g/mol. The normalized spacial score (nSPS) is 19.5. The van der Waals surface area contributed by atoms with E-state index in [1.54, 1.807) is 11.0 Å². The van der Waals surface area contributed by atoms with Crippen LogP contribution in [0.5, 0.6) is 0 Å². The highest BCUT2D eigenvalue weighted by Crippen LogP contribution is 2.20. The Labute approximate surface area is 106 Å². The van der Waals surface area contributed by atoms with Crippen LogP contribution in [0.3, 0.4) is 0 Å². The number of benzene rings is 1. The van der Waals surface area contributed by atoms with E-state index >= 15 is 0 Å². The van der Waals surface area contributed by atoms with Crippen LogP contribution < -0.4 is 11.1 Å². The standard InChI is InChI=1S/C12H16ClN3O/c1-8-2-3-10(6-11(8)13)15-12(17)16-5-4-9(14)7-16/h2-3,6,9H,4-5,7,14H2,1H3,(H,15,17)/t9-/m0/s1. The molecule has 0 bridgehead atoms. The summed E-state index contributed by atoms with van der Waals surface area (Å²) in [4.78, 5) is 13.6. The topological polar surface area (TPSA) is 58.4 Å². The van der Waals surface area contributed by atoms with Gasteiger partial charge in [-0.05, 0) is 31.0 Å². The monoisotopic (exact) mass is 253 g/mol. The second kappa shape index (κ2) is 4.94. The van der Waals surface area contributed by atoms with Crippen molar-refractivity contribution >= 4 is 23.3 Å². The summed E-state index contributed by atoms with van der Waals surface area (Å²) in [6.07, 6.45) is 0.863. The third kappa shape index (κ3) is 2.90.